The maximum absolute atomic E-state index is 9.15. The smallest absolute Gasteiger partial charge is 0.141 e. The summed E-state index contributed by atoms with van der Waals surface area (Å²) < 4.78 is 1.95. The molecule has 0 aromatic carbocycles. The molecular formula is C17H18N6. The van der Waals surface area contributed by atoms with Crippen molar-refractivity contribution < 1.29 is 0 Å². The molecule has 6 heteroatoms. The van der Waals surface area contributed by atoms with Crippen molar-refractivity contribution in [2.75, 3.05) is 0 Å². The Balaban J connectivity index is 1.68. The number of nitrogens with one attached hydrogen (secondary N) is 1. The Hall–Kier alpha value is -2.68. The van der Waals surface area contributed by atoms with Crippen LogP contribution in [0.15, 0.2) is 31.0 Å². The van der Waals surface area contributed by atoms with Crippen LogP contribution in [0.2, 0.25) is 0 Å². The number of aromatic nitrogens is 5. The quantitative estimate of drug-likeness (QED) is 0.801. The average molecular weight is 306 g/mol. The van der Waals surface area contributed by atoms with Crippen LogP contribution in [-0.4, -0.2) is 24.7 Å². The number of aromatic amines is 1. The highest BCUT2D eigenvalue weighted by Gasteiger charge is 2.34. The van der Waals surface area contributed by atoms with Gasteiger partial charge in [-0.05, 0) is 30.7 Å². The first-order valence-electron chi connectivity index (χ1n) is 7.96. The fourth-order valence-electron chi connectivity index (χ4n) is 3.59. The Labute approximate surface area is 134 Å². The lowest BCUT2D eigenvalue weighted by Crippen LogP contribution is -2.30. The minimum atomic E-state index is 0.161. The van der Waals surface area contributed by atoms with E-state index < -0.39 is 0 Å². The SMILES string of the molecule is C[C@H]1C[C@@H]([C@@H](CC#N)n2cc(-c3ncnc4[nH]ccc34)cn2)C1. The molecule has 4 rings (SSSR count). The van der Waals surface area contributed by atoms with Gasteiger partial charge in [-0.15, -0.1) is 0 Å². The second-order valence-electron chi connectivity index (χ2n) is 6.44. The van der Waals surface area contributed by atoms with Crippen LogP contribution in [0.5, 0.6) is 0 Å². The van der Waals surface area contributed by atoms with E-state index in [1.165, 1.54) is 12.8 Å². The van der Waals surface area contributed by atoms with Gasteiger partial charge < -0.3 is 4.98 Å². The van der Waals surface area contributed by atoms with E-state index in [0.29, 0.717) is 12.3 Å². The molecule has 116 valence electrons. The number of fused-ring (bicyclic) bond motifs is 1. The molecule has 0 spiro atoms. The molecule has 0 amide bonds. The molecule has 6 nitrogen and oxygen atoms in total. The molecule has 3 heterocycles. The Bertz CT molecular complexity index is 864. The van der Waals surface area contributed by atoms with Crippen LogP contribution in [0.3, 0.4) is 0 Å². The molecule has 0 saturated heterocycles. The molecule has 0 bridgehead atoms. The predicted octanol–water partition coefficient (Wildman–Crippen LogP) is 3.32. The number of nitriles is 1. The third-order valence-electron chi connectivity index (χ3n) is 4.82. The minimum Gasteiger partial charge on any atom is -0.346 e. The van der Waals surface area contributed by atoms with Gasteiger partial charge in [0.05, 0.1) is 30.4 Å². The maximum atomic E-state index is 9.15. The summed E-state index contributed by atoms with van der Waals surface area (Å²) >= 11 is 0. The van der Waals surface area contributed by atoms with Crippen molar-refractivity contribution >= 4 is 11.0 Å². The van der Waals surface area contributed by atoms with E-state index in [9.17, 15) is 0 Å². The van der Waals surface area contributed by atoms with E-state index in [2.05, 4.69) is 33.0 Å². The third kappa shape index (κ3) is 2.38. The molecule has 1 aliphatic rings. The fourth-order valence-corrected chi connectivity index (χ4v) is 3.59. The molecule has 3 aromatic rings. The lowest BCUT2D eigenvalue weighted by atomic mass is 9.71. The molecule has 0 unspecified atom stereocenters. The van der Waals surface area contributed by atoms with Gasteiger partial charge >= 0.3 is 0 Å². The lowest BCUT2D eigenvalue weighted by molar-refractivity contribution is 0.134. The summed E-state index contributed by atoms with van der Waals surface area (Å²) in [7, 11) is 0. The van der Waals surface area contributed by atoms with Crippen molar-refractivity contribution in [3.8, 4) is 17.3 Å². The Morgan fingerprint density at radius 2 is 2.30 bits per heavy atom. The topological polar surface area (TPSA) is 83.2 Å². The van der Waals surface area contributed by atoms with Crippen LogP contribution in [0.25, 0.3) is 22.3 Å². The van der Waals surface area contributed by atoms with Crippen LogP contribution < -0.4 is 0 Å². The van der Waals surface area contributed by atoms with Crippen molar-refractivity contribution in [3.63, 3.8) is 0 Å². The predicted molar refractivity (Wildman–Crippen MR) is 86.3 cm³/mol. The monoisotopic (exact) mass is 306 g/mol. The van der Waals surface area contributed by atoms with Crippen LogP contribution in [0.4, 0.5) is 0 Å². The number of hydrogen-bond acceptors (Lipinski definition) is 4. The van der Waals surface area contributed by atoms with Gasteiger partial charge in [-0.25, -0.2) is 9.97 Å². The van der Waals surface area contributed by atoms with Crippen LogP contribution in [0.1, 0.15) is 32.2 Å². The molecule has 1 saturated carbocycles. The first-order chi connectivity index (χ1) is 11.3. The van der Waals surface area contributed by atoms with Crippen molar-refractivity contribution in [1.29, 1.82) is 5.26 Å². The van der Waals surface area contributed by atoms with E-state index in [4.69, 9.17) is 5.26 Å². The Morgan fingerprint density at radius 3 is 3.09 bits per heavy atom. The number of H-pyrrole nitrogens is 1. The average Bonchev–Trinajstić information content (AvgIpc) is 3.18. The first-order valence-corrected chi connectivity index (χ1v) is 7.96. The molecular weight excluding hydrogens is 288 g/mol. The van der Waals surface area contributed by atoms with Gasteiger partial charge in [0.2, 0.25) is 0 Å². The second kappa shape index (κ2) is 5.51. The summed E-state index contributed by atoms with van der Waals surface area (Å²) in [5, 5.41) is 14.7. The first kappa shape index (κ1) is 13.9. The fraction of sp³-hybridized carbons (Fsp3) is 0.412. The second-order valence-corrected chi connectivity index (χ2v) is 6.44. The van der Waals surface area contributed by atoms with Crippen LogP contribution in [-0.2, 0) is 0 Å². The highest BCUT2D eigenvalue weighted by Crippen LogP contribution is 2.42. The third-order valence-corrected chi connectivity index (χ3v) is 4.82. The largest absolute Gasteiger partial charge is 0.346 e. The molecule has 3 aromatic heterocycles. The Kier molecular flexibility index (Phi) is 3.34. The molecule has 1 N–H and O–H groups in total. The van der Waals surface area contributed by atoms with E-state index in [-0.39, 0.29) is 6.04 Å². The normalized spacial score (nSPS) is 21.7. The molecule has 0 radical (unpaired) electrons. The summed E-state index contributed by atoms with van der Waals surface area (Å²) in [6.45, 7) is 2.26. The molecule has 0 aliphatic heterocycles. The summed E-state index contributed by atoms with van der Waals surface area (Å²) in [5.74, 6) is 1.31. The van der Waals surface area contributed by atoms with Gasteiger partial charge in [0, 0.05) is 23.3 Å². The standard InChI is InChI=1S/C17H18N6/c1-11-6-12(7-11)15(2-4-18)23-9-13(8-22-23)16-14-3-5-19-17(14)21-10-20-16/h3,5,8-12,15H,2,6-7H2,1H3,(H,19,20,21)/t11-,12+,15-/m1/s1. The zero-order chi connectivity index (χ0) is 15.8. The number of rotatable bonds is 4. The maximum Gasteiger partial charge on any atom is 0.141 e. The summed E-state index contributed by atoms with van der Waals surface area (Å²) in [6, 6.07) is 4.45. The molecule has 1 fully saturated rings. The molecule has 1 aliphatic carbocycles. The Morgan fingerprint density at radius 1 is 1.43 bits per heavy atom. The van der Waals surface area contributed by atoms with Crippen molar-refractivity contribution in [3.05, 3.63) is 31.0 Å². The van der Waals surface area contributed by atoms with Crippen molar-refractivity contribution in [1.82, 2.24) is 24.7 Å². The number of hydrogen-bond donors (Lipinski definition) is 1. The van der Waals surface area contributed by atoms with Gasteiger partial charge in [0.15, 0.2) is 0 Å². The zero-order valence-corrected chi connectivity index (χ0v) is 13.0. The van der Waals surface area contributed by atoms with Crippen LogP contribution in [0, 0.1) is 23.2 Å². The van der Waals surface area contributed by atoms with E-state index in [0.717, 1.165) is 28.2 Å². The van der Waals surface area contributed by atoms with Gasteiger partial charge in [-0.1, -0.05) is 6.92 Å². The minimum absolute atomic E-state index is 0.161. The van der Waals surface area contributed by atoms with Crippen molar-refractivity contribution in [2.45, 2.75) is 32.2 Å². The van der Waals surface area contributed by atoms with Gasteiger partial charge in [-0.3, -0.25) is 4.68 Å². The lowest BCUT2D eigenvalue weighted by Gasteiger charge is -2.37. The highest BCUT2D eigenvalue weighted by molar-refractivity contribution is 5.89. The zero-order valence-electron chi connectivity index (χ0n) is 13.0. The summed E-state index contributed by atoms with van der Waals surface area (Å²) in [5.41, 5.74) is 2.66. The molecule has 1 atom stereocenters. The van der Waals surface area contributed by atoms with Crippen molar-refractivity contribution in [2.24, 2.45) is 11.8 Å². The highest BCUT2D eigenvalue weighted by atomic mass is 15.3. The van der Waals surface area contributed by atoms with Gasteiger partial charge in [0.25, 0.3) is 0 Å². The van der Waals surface area contributed by atoms with Gasteiger partial charge in [0.1, 0.15) is 12.0 Å². The number of nitrogens with zero attached hydrogens (tertiary/aromatic N) is 5. The van der Waals surface area contributed by atoms with Crippen LogP contribution >= 0.6 is 0 Å². The van der Waals surface area contributed by atoms with E-state index in [1.54, 1.807) is 6.33 Å². The van der Waals surface area contributed by atoms with E-state index >= 15 is 0 Å². The van der Waals surface area contributed by atoms with Gasteiger partial charge in [-0.2, -0.15) is 10.4 Å². The summed E-state index contributed by atoms with van der Waals surface area (Å²) in [4.78, 5) is 11.7. The molecule has 23 heavy (non-hydrogen) atoms. The summed E-state index contributed by atoms with van der Waals surface area (Å²) in [6.07, 6.45) is 10.1. The van der Waals surface area contributed by atoms with E-state index in [1.807, 2.05) is 29.3 Å².